The smallest absolute Gasteiger partial charge is 0.243 e. The van der Waals surface area contributed by atoms with Crippen molar-refractivity contribution in [3.63, 3.8) is 0 Å². The van der Waals surface area contributed by atoms with Gasteiger partial charge in [-0.3, -0.25) is 9.59 Å². The lowest BCUT2D eigenvalue weighted by Crippen LogP contribution is -2.52. The molecule has 2 aromatic rings. The molecule has 1 aliphatic carbocycles. The predicted molar refractivity (Wildman–Crippen MR) is 140 cm³/mol. The van der Waals surface area contributed by atoms with Crippen molar-refractivity contribution in [2.75, 3.05) is 12.9 Å². The van der Waals surface area contributed by atoms with Crippen LogP contribution in [0.15, 0.2) is 48.5 Å². The summed E-state index contributed by atoms with van der Waals surface area (Å²) in [6.45, 7) is 4.48. The number of hydrogen-bond donors (Lipinski definition) is 1. The van der Waals surface area contributed by atoms with Gasteiger partial charge < -0.3 is 15.0 Å². The Morgan fingerprint density at radius 1 is 1.03 bits per heavy atom. The molecule has 5 nitrogen and oxygen atoms in total. The normalized spacial score (nSPS) is 14.9. The first-order valence-electron chi connectivity index (χ1n) is 12.4. The number of ether oxygens (including phenoxy) is 1. The first-order valence-corrected chi connectivity index (χ1v) is 13.5. The van der Waals surface area contributed by atoms with E-state index < -0.39 is 6.04 Å². The summed E-state index contributed by atoms with van der Waals surface area (Å²) >= 11 is 1.58. The molecular formula is C28H38N2O3S. The molecule has 0 heterocycles. The van der Waals surface area contributed by atoms with E-state index in [9.17, 15) is 9.59 Å². The molecule has 3 rings (SSSR count). The topological polar surface area (TPSA) is 58.6 Å². The molecular weight excluding hydrogens is 444 g/mol. The van der Waals surface area contributed by atoms with Crippen molar-refractivity contribution in [2.45, 2.75) is 76.8 Å². The third-order valence-electron chi connectivity index (χ3n) is 6.46. The van der Waals surface area contributed by atoms with Crippen LogP contribution in [0.3, 0.4) is 0 Å². The van der Waals surface area contributed by atoms with Crippen LogP contribution in [-0.2, 0) is 21.9 Å². The van der Waals surface area contributed by atoms with Crippen LogP contribution in [0.5, 0.6) is 5.75 Å². The Labute approximate surface area is 208 Å². The van der Waals surface area contributed by atoms with Gasteiger partial charge >= 0.3 is 0 Å². The standard InChI is InChI=1S/C28H38N2O3S/c1-4-26(28(32)29-24-8-6-5-7-9-24)30(18-22-12-10-21(2)11-13-22)27(31)20-34-19-23-14-16-25(33-3)17-15-23/h10-17,24,26H,4-9,18-20H2,1-3H3,(H,29,32). The van der Waals surface area contributed by atoms with Crippen LogP contribution in [0.2, 0.25) is 0 Å². The fourth-order valence-electron chi connectivity index (χ4n) is 4.41. The minimum Gasteiger partial charge on any atom is -0.497 e. The van der Waals surface area contributed by atoms with Crippen LogP contribution >= 0.6 is 11.8 Å². The van der Waals surface area contributed by atoms with Gasteiger partial charge in [-0.25, -0.2) is 0 Å². The molecule has 1 unspecified atom stereocenters. The monoisotopic (exact) mass is 482 g/mol. The maximum Gasteiger partial charge on any atom is 0.243 e. The van der Waals surface area contributed by atoms with Crippen LogP contribution < -0.4 is 10.1 Å². The third-order valence-corrected chi connectivity index (χ3v) is 7.45. The lowest BCUT2D eigenvalue weighted by Gasteiger charge is -2.32. The molecule has 0 aliphatic heterocycles. The first kappa shape index (κ1) is 26.1. The SMILES string of the molecule is CCC(C(=O)NC1CCCCC1)N(Cc1ccc(C)cc1)C(=O)CSCc1ccc(OC)cc1. The summed E-state index contributed by atoms with van der Waals surface area (Å²) in [5, 5.41) is 3.24. The van der Waals surface area contributed by atoms with Gasteiger partial charge in [0.15, 0.2) is 0 Å². The Hall–Kier alpha value is -2.47. The Bertz CT molecular complexity index is 908. The molecule has 1 saturated carbocycles. The predicted octanol–water partition coefficient (Wildman–Crippen LogP) is 5.49. The van der Waals surface area contributed by atoms with Crippen molar-refractivity contribution in [3.8, 4) is 5.75 Å². The highest BCUT2D eigenvalue weighted by atomic mass is 32.2. The lowest BCUT2D eigenvalue weighted by atomic mass is 9.95. The number of rotatable bonds is 11. The quantitative estimate of drug-likeness (QED) is 0.460. The third kappa shape index (κ3) is 7.79. The van der Waals surface area contributed by atoms with E-state index in [1.54, 1.807) is 23.8 Å². The number of aryl methyl sites for hydroxylation is 1. The Kier molecular flexibility index (Phi) is 10.3. The summed E-state index contributed by atoms with van der Waals surface area (Å²) in [4.78, 5) is 28.5. The highest BCUT2D eigenvalue weighted by molar-refractivity contribution is 7.99. The fourth-order valence-corrected chi connectivity index (χ4v) is 5.29. The van der Waals surface area contributed by atoms with E-state index in [1.807, 2.05) is 43.3 Å². The summed E-state index contributed by atoms with van der Waals surface area (Å²) in [5.41, 5.74) is 3.37. The molecule has 1 aliphatic rings. The number of thioether (sulfide) groups is 1. The number of carbonyl (C=O) groups is 2. The summed E-state index contributed by atoms with van der Waals surface area (Å²) in [5.74, 6) is 1.88. The maximum absolute atomic E-state index is 13.4. The number of hydrogen-bond acceptors (Lipinski definition) is 4. The number of nitrogens with zero attached hydrogens (tertiary/aromatic N) is 1. The average Bonchev–Trinajstić information content (AvgIpc) is 2.86. The van der Waals surface area contributed by atoms with Gasteiger partial charge in [0.1, 0.15) is 11.8 Å². The Morgan fingerprint density at radius 2 is 1.68 bits per heavy atom. The van der Waals surface area contributed by atoms with Crippen molar-refractivity contribution in [2.24, 2.45) is 0 Å². The molecule has 2 amide bonds. The zero-order valence-corrected chi connectivity index (χ0v) is 21.5. The highest BCUT2D eigenvalue weighted by Gasteiger charge is 2.30. The van der Waals surface area contributed by atoms with Gasteiger partial charge in [-0.2, -0.15) is 0 Å². The van der Waals surface area contributed by atoms with Crippen molar-refractivity contribution < 1.29 is 14.3 Å². The molecule has 1 atom stereocenters. The summed E-state index contributed by atoms with van der Waals surface area (Å²) in [6.07, 6.45) is 6.23. The van der Waals surface area contributed by atoms with E-state index in [4.69, 9.17) is 4.74 Å². The highest BCUT2D eigenvalue weighted by Crippen LogP contribution is 2.21. The van der Waals surface area contributed by atoms with Gasteiger partial charge in [0.2, 0.25) is 11.8 Å². The molecule has 0 bridgehead atoms. The minimum absolute atomic E-state index is 0.00438. The van der Waals surface area contributed by atoms with E-state index in [-0.39, 0.29) is 17.9 Å². The molecule has 1 fully saturated rings. The molecule has 0 saturated heterocycles. The van der Waals surface area contributed by atoms with E-state index in [0.29, 0.717) is 18.7 Å². The molecule has 2 aromatic carbocycles. The average molecular weight is 483 g/mol. The second-order valence-electron chi connectivity index (χ2n) is 9.12. The number of benzene rings is 2. The minimum atomic E-state index is -0.461. The van der Waals surface area contributed by atoms with Crippen LogP contribution in [0.25, 0.3) is 0 Å². The van der Waals surface area contributed by atoms with Gasteiger partial charge in [0.05, 0.1) is 12.9 Å². The van der Waals surface area contributed by atoms with Gasteiger partial charge in [0, 0.05) is 18.3 Å². The molecule has 184 valence electrons. The van der Waals surface area contributed by atoms with E-state index in [2.05, 4.69) is 24.4 Å². The van der Waals surface area contributed by atoms with Crippen molar-refractivity contribution >= 4 is 23.6 Å². The van der Waals surface area contributed by atoms with Gasteiger partial charge in [-0.15, -0.1) is 11.8 Å². The molecule has 1 N–H and O–H groups in total. The number of nitrogens with one attached hydrogen (secondary N) is 1. The Morgan fingerprint density at radius 3 is 2.29 bits per heavy atom. The maximum atomic E-state index is 13.4. The van der Waals surface area contributed by atoms with Gasteiger partial charge in [0.25, 0.3) is 0 Å². The van der Waals surface area contributed by atoms with E-state index in [0.717, 1.165) is 48.3 Å². The zero-order valence-electron chi connectivity index (χ0n) is 20.7. The number of amides is 2. The molecule has 6 heteroatoms. The van der Waals surface area contributed by atoms with Crippen molar-refractivity contribution in [3.05, 3.63) is 65.2 Å². The zero-order chi connectivity index (χ0) is 24.3. The van der Waals surface area contributed by atoms with Crippen molar-refractivity contribution in [1.29, 1.82) is 0 Å². The van der Waals surface area contributed by atoms with Crippen LogP contribution in [0.1, 0.15) is 62.1 Å². The first-order chi connectivity index (χ1) is 16.5. The van der Waals surface area contributed by atoms with Crippen LogP contribution in [-0.4, -0.2) is 41.7 Å². The van der Waals surface area contributed by atoms with Gasteiger partial charge in [-0.05, 0) is 49.4 Å². The molecule has 0 spiro atoms. The van der Waals surface area contributed by atoms with Crippen molar-refractivity contribution in [1.82, 2.24) is 10.2 Å². The van der Waals surface area contributed by atoms with Crippen LogP contribution in [0, 0.1) is 6.92 Å². The fraction of sp³-hybridized carbons (Fsp3) is 0.500. The van der Waals surface area contributed by atoms with E-state index in [1.165, 1.54) is 12.0 Å². The molecule has 34 heavy (non-hydrogen) atoms. The number of carbonyl (C=O) groups excluding carboxylic acids is 2. The van der Waals surface area contributed by atoms with Crippen LogP contribution in [0.4, 0.5) is 0 Å². The number of methoxy groups -OCH3 is 1. The second-order valence-corrected chi connectivity index (χ2v) is 10.1. The molecule has 0 aromatic heterocycles. The molecule has 0 radical (unpaired) electrons. The lowest BCUT2D eigenvalue weighted by molar-refractivity contribution is -0.139. The largest absolute Gasteiger partial charge is 0.497 e. The summed E-state index contributed by atoms with van der Waals surface area (Å²) < 4.78 is 5.22. The van der Waals surface area contributed by atoms with E-state index >= 15 is 0 Å². The summed E-state index contributed by atoms with van der Waals surface area (Å²) in [6, 6.07) is 15.9. The Balaban J connectivity index is 1.67. The summed E-state index contributed by atoms with van der Waals surface area (Å²) in [7, 11) is 1.65. The van der Waals surface area contributed by atoms with Gasteiger partial charge in [-0.1, -0.05) is 68.1 Å². The second kappa shape index (κ2) is 13.4.